The number of fused-ring (bicyclic) bond motifs is 1. The molecule has 1 aromatic carbocycles. The first-order chi connectivity index (χ1) is 22.7. The highest BCUT2D eigenvalue weighted by Gasteiger charge is 2.38. The highest BCUT2D eigenvalue weighted by atomic mass is 19.4. The maximum absolute atomic E-state index is 14.3. The molecule has 11 nitrogen and oxygen atoms in total. The van der Waals surface area contributed by atoms with Gasteiger partial charge in [-0.1, -0.05) is 17.3 Å². The summed E-state index contributed by atoms with van der Waals surface area (Å²) in [5, 5.41) is 12.4. The normalized spacial score (nSPS) is 17.5. The van der Waals surface area contributed by atoms with Gasteiger partial charge < -0.3 is 18.6 Å². The molecule has 2 saturated heterocycles. The summed E-state index contributed by atoms with van der Waals surface area (Å²) in [5.41, 5.74) is 2.90. The molecule has 0 spiro atoms. The molecule has 2 aliphatic rings. The number of hydrogen-bond acceptors (Lipinski definition) is 10. The van der Waals surface area contributed by atoms with E-state index in [1.807, 2.05) is 22.8 Å². The monoisotopic (exact) mass is 648 g/mol. The first-order valence-electron chi connectivity index (χ1n) is 15.1. The molecule has 47 heavy (non-hydrogen) atoms. The van der Waals surface area contributed by atoms with Gasteiger partial charge in [0.2, 0.25) is 11.7 Å². The van der Waals surface area contributed by atoms with Crippen molar-refractivity contribution in [2.24, 2.45) is 0 Å². The number of benzene rings is 1. The minimum atomic E-state index is -4.74. The number of aromatic nitrogens is 6. The molecule has 0 amide bonds. The van der Waals surface area contributed by atoms with E-state index in [1.165, 1.54) is 18.3 Å². The van der Waals surface area contributed by atoms with Gasteiger partial charge in [-0.15, -0.1) is 0 Å². The Morgan fingerprint density at radius 3 is 2.57 bits per heavy atom. The molecule has 0 aliphatic carbocycles. The number of hydrogen-bond donors (Lipinski definition) is 0. The summed E-state index contributed by atoms with van der Waals surface area (Å²) in [7, 11) is 0. The molecule has 2 fully saturated rings. The van der Waals surface area contributed by atoms with Gasteiger partial charge >= 0.3 is 12.1 Å². The summed E-state index contributed by atoms with van der Waals surface area (Å²) in [6, 6.07) is 13.4. The summed E-state index contributed by atoms with van der Waals surface area (Å²) in [6.45, 7) is 3.40. The lowest BCUT2D eigenvalue weighted by molar-refractivity contribution is -0.159. The summed E-state index contributed by atoms with van der Waals surface area (Å²) >= 11 is 0. The number of rotatable bonds is 9. The second-order valence-corrected chi connectivity index (χ2v) is 11.6. The van der Waals surface area contributed by atoms with E-state index in [-0.39, 0.29) is 35.6 Å². The number of pyridine rings is 2. The summed E-state index contributed by atoms with van der Waals surface area (Å²) in [4.78, 5) is 19.8. The molecule has 0 radical (unpaired) electrons. The van der Waals surface area contributed by atoms with Crippen molar-refractivity contribution in [1.82, 2.24) is 34.6 Å². The SMILES string of the molecule is N#Cc1ccc(COc2cccc(C3CCN(Cc4nc5cc(-c6noc(C(F)(F)F)n6)cnc5n4CC4CCO4)CC3)n2)c(F)c1. The zero-order valence-electron chi connectivity index (χ0n) is 25.0. The predicted molar refractivity (Wildman–Crippen MR) is 157 cm³/mol. The fourth-order valence-electron chi connectivity index (χ4n) is 5.79. The van der Waals surface area contributed by atoms with Gasteiger partial charge in [0.15, 0.2) is 5.65 Å². The number of piperidine rings is 1. The molecule has 1 unspecified atom stereocenters. The number of ether oxygens (including phenoxy) is 2. The van der Waals surface area contributed by atoms with Crippen LogP contribution in [-0.2, 0) is 30.6 Å². The van der Waals surface area contributed by atoms with Gasteiger partial charge in [-0.25, -0.2) is 19.3 Å². The van der Waals surface area contributed by atoms with E-state index in [4.69, 9.17) is 24.7 Å². The average molecular weight is 649 g/mol. The molecule has 15 heteroatoms. The Morgan fingerprint density at radius 1 is 1.04 bits per heavy atom. The third-order valence-corrected chi connectivity index (χ3v) is 8.44. The predicted octanol–water partition coefficient (Wildman–Crippen LogP) is 5.65. The fourth-order valence-corrected chi connectivity index (χ4v) is 5.79. The Labute approximate surface area is 265 Å². The van der Waals surface area contributed by atoms with Gasteiger partial charge in [-0.2, -0.15) is 23.4 Å². The number of likely N-dealkylation sites (tertiary alicyclic amines) is 1. The summed E-state index contributed by atoms with van der Waals surface area (Å²) < 4.78 is 71.1. The second-order valence-electron chi connectivity index (χ2n) is 11.6. The molecule has 7 rings (SSSR count). The van der Waals surface area contributed by atoms with E-state index < -0.39 is 17.9 Å². The van der Waals surface area contributed by atoms with Crippen LogP contribution in [-0.4, -0.2) is 60.4 Å². The van der Waals surface area contributed by atoms with Gasteiger partial charge in [0, 0.05) is 41.6 Å². The van der Waals surface area contributed by atoms with E-state index >= 15 is 0 Å². The lowest BCUT2D eigenvalue weighted by Crippen LogP contribution is -2.35. The van der Waals surface area contributed by atoms with E-state index in [2.05, 4.69) is 24.5 Å². The van der Waals surface area contributed by atoms with E-state index in [9.17, 15) is 17.6 Å². The van der Waals surface area contributed by atoms with Gasteiger partial charge in [-0.05, 0) is 56.6 Å². The zero-order valence-corrected chi connectivity index (χ0v) is 25.0. The van der Waals surface area contributed by atoms with E-state index in [1.54, 1.807) is 18.2 Å². The van der Waals surface area contributed by atoms with Crippen molar-refractivity contribution < 1.29 is 31.6 Å². The maximum Gasteiger partial charge on any atom is 0.471 e. The Morgan fingerprint density at radius 2 is 1.87 bits per heavy atom. The number of nitrogens with zero attached hydrogens (tertiary/aromatic N) is 8. The first kappa shape index (κ1) is 30.7. The van der Waals surface area contributed by atoms with Crippen LogP contribution in [0.3, 0.4) is 0 Å². The van der Waals surface area contributed by atoms with Crippen molar-refractivity contribution in [3.8, 4) is 23.3 Å². The van der Waals surface area contributed by atoms with Crippen molar-refractivity contribution in [3.05, 3.63) is 83.0 Å². The van der Waals surface area contributed by atoms with Crippen LogP contribution in [0.4, 0.5) is 17.6 Å². The van der Waals surface area contributed by atoms with Crippen LogP contribution in [0.5, 0.6) is 5.88 Å². The van der Waals surface area contributed by atoms with Crippen LogP contribution in [0, 0.1) is 17.1 Å². The molecule has 6 heterocycles. The lowest BCUT2D eigenvalue weighted by atomic mass is 9.93. The summed E-state index contributed by atoms with van der Waals surface area (Å²) in [5.74, 6) is -0.725. The molecule has 2 aliphatic heterocycles. The Bertz CT molecular complexity index is 1940. The largest absolute Gasteiger partial charge is 0.473 e. The van der Waals surface area contributed by atoms with E-state index in [0.29, 0.717) is 42.3 Å². The quantitative estimate of drug-likeness (QED) is 0.185. The minimum absolute atomic E-state index is 0.000610. The third-order valence-electron chi connectivity index (χ3n) is 8.44. The standard InChI is InChI=1S/C32H28F4N8O3/c33-24-12-19(14-37)4-5-21(24)18-46-28-3-1-2-25(40-28)20-6-9-43(10-7-20)17-27-39-26-13-22(29-41-31(47-42-29)32(34,35)36)15-38-30(26)44(27)16-23-8-11-45-23/h1-5,12-13,15,20,23H,6-11,16-18H2. The lowest BCUT2D eigenvalue weighted by Gasteiger charge is -2.32. The van der Waals surface area contributed by atoms with Crippen molar-refractivity contribution in [3.63, 3.8) is 0 Å². The topological polar surface area (TPSA) is 128 Å². The van der Waals surface area contributed by atoms with Crippen molar-refractivity contribution in [1.29, 1.82) is 5.26 Å². The highest BCUT2D eigenvalue weighted by Crippen LogP contribution is 2.32. The highest BCUT2D eigenvalue weighted by molar-refractivity contribution is 5.77. The van der Waals surface area contributed by atoms with Gasteiger partial charge in [-0.3, -0.25) is 4.90 Å². The molecule has 5 aromatic rings. The molecule has 0 N–H and O–H groups in total. The maximum atomic E-state index is 14.3. The molecule has 0 bridgehead atoms. The first-order valence-corrected chi connectivity index (χ1v) is 15.1. The van der Waals surface area contributed by atoms with Crippen LogP contribution >= 0.6 is 0 Å². The van der Waals surface area contributed by atoms with Crippen LogP contribution in [0.2, 0.25) is 0 Å². The van der Waals surface area contributed by atoms with Crippen molar-refractivity contribution in [2.75, 3.05) is 19.7 Å². The smallest absolute Gasteiger partial charge is 0.471 e. The Balaban J connectivity index is 1.02. The van der Waals surface area contributed by atoms with Crippen molar-refractivity contribution in [2.45, 2.75) is 57.2 Å². The third kappa shape index (κ3) is 6.65. The van der Waals surface area contributed by atoms with Crippen molar-refractivity contribution >= 4 is 11.2 Å². The number of halogens is 4. The molecule has 4 aromatic heterocycles. The van der Waals surface area contributed by atoms with Gasteiger partial charge in [0.05, 0.1) is 30.8 Å². The van der Waals surface area contributed by atoms with Crippen LogP contribution < -0.4 is 4.74 Å². The zero-order chi connectivity index (χ0) is 32.5. The molecule has 0 saturated carbocycles. The molecular formula is C32H28F4N8O3. The number of alkyl halides is 3. The van der Waals surface area contributed by atoms with E-state index in [0.717, 1.165) is 43.9 Å². The van der Waals surface area contributed by atoms with Crippen LogP contribution in [0.1, 0.15) is 53.7 Å². The van der Waals surface area contributed by atoms with Gasteiger partial charge in [0.1, 0.15) is 23.8 Å². The summed E-state index contributed by atoms with van der Waals surface area (Å²) in [6.07, 6.45) is -0.645. The fraction of sp³-hybridized carbons (Fsp3) is 0.375. The molecule has 242 valence electrons. The molecular weight excluding hydrogens is 620 g/mol. The Kier molecular flexibility index (Phi) is 8.29. The Hall–Kier alpha value is -4.94. The van der Waals surface area contributed by atoms with Crippen LogP contribution in [0.15, 0.2) is 53.2 Å². The number of imidazole rings is 1. The average Bonchev–Trinajstić information content (AvgIpc) is 3.68. The second kappa shape index (κ2) is 12.7. The minimum Gasteiger partial charge on any atom is -0.473 e. The van der Waals surface area contributed by atoms with Gasteiger partial charge in [0.25, 0.3) is 0 Å². The molecule has 1 atom stereocenters. The number of nitriles is 1. The van der Waals surface area contributed by atoms with Crippen LogP contribution in [0.25, 0.3) is 22.6 Å².